The largest absolute Gasteiger partial charge is 0.396 e. The molecule has 0 spiro atoms. The number of aryl methyl sites for hydroxylation is 1. The smallest absolute Gasteiger partial charge is 0.0459 e. The fourth-order valence-corrected chi connectivity index (χ4v) is 1.97. The summed E-state index contributed by atoms with van der Waals surface area (Å²) in [5, 5.41) is 9.15. The standard InChI is InChI=1S/C14H22O/c1-2-7-14(12-15)11-6-10-13-8-4-3-5-9-13/h3-5,8-9,14-15H,2,6-7,10-12H2,1H3. The molecule has 1 aromatic carbocycles. The molecule has 0 amide bonds. The lowest BCUT2D eigenvalue weighted by atomic mass is 9.96. The van der Waals surface area contributed by atoms with Crippen LogP contribution in [0.4, 0.5) is 0 Å². The highest BCUT2D eigenvalue weighted by Gasteiger charge is 2.05. The van der Waals surface area contributed by atoms with Gasteiger partial charge in [0.15, 0.2) is 0 Å². The van der Waals surface area contributed by atoms with Gasteiger partial charge in [-0.3, -0.25) is 0 Å². The SMILES string of the molecule is CCCC(CO)CCCc1ccccc1. The van der Waals surface area contributed by atoms with Crippen molar-refractivity contribution in [2.24, 2.45) is 5.92 Å². The Labute approximate surface area is 93.1 Å². The molecule has 0 radical (unpaired) electrons. The van der Waals surface area contributed by atoms with Crippen LogP contribution in [0.15, 0.2) is 30.3 Å². The minimum absolute atomic E-state index is 0.350. The maximum Gasteiger partial charge on any atom is 0.0459 e. The van der Waals surface area contributed by atoms with Crippen molar-refractivity contribution in [1.82, 2.24) is 0 Å². The predicted molar refractivity (Wildman–Crippen MR) is 64.9 cm³/mol. The topological polar surface area (TPSA) is 20.2 Å². The van der Waals surface area contributed by atoms with Gasteiger partial charge in [-0.1, -0.05) is 43.7 Å². The van der Waals surface area contributed by atoms with Gasteiger partial charge in [0, 0.05) is 6.61 Å². The van der Waals surface area contributed by atoms with Crippen LogP contribution in [0.1, 0.15) is 38.2 Å². The van der Waals surface area contributed by atoms with Crippen molar-refractivity contribution in [2.75, 3.05) is 6.61 Å². The van der Waals surface area contributed by atoms with Gasteiger partial charge < -0.3 is 5.11 Å². The molecule has 0 saturated carbocycles. The van der Waals surface area contributed by atoms with E-state index in [1.807, 2.05) is 0 Å². The zero-order chi connectivity index (χ0) is 10.9. The molecule has 0 bridgehead atoms. The molecule has 84 valence electrons. The van der Waals surface area contributed by atoms with Crippen LogP contribution in [0.3, 0.4) is 0 Å². The lowest BCUT2D eigenvalue weighted by Gasteiger charge is -2.12. The zero-order valence-electron chi connectivity index (χ0n) is 9.65. The first-order valence-corrected chi connectivity index (χ1v) is 6.01. The summed E-state index contributed by atoms with van der Waals surface area (Å²) in [6.45, 7) is 2.53. The highest BCUT2D eigenvalue weighted by Crippen LogP contribution is 2.14. The summed E-state index contributed by atoms with van der Waals surface area (Å²) in [4.78, 5) is 0. The normalized spacial score (nSPS) is 12.7. The molecule has 0 aliphatic carbocycles. The van der Waals surface area contributed by atoms with Crippen molar-refractivity contribution < 1.29 is 5.11 Å². The van der Waals surface area contributed by atoms with Crippen LogP contribution in [-0.2, 0) is 6.42 Å². The van der Waals surface area contributed by atoms with Crippen LogP contribution in [-0.4, -0.2) is 11.7 Å². The molecule has 0 saturated heterocycles. The number of benzene rings is 1. The van der Waals surface area contributed by atoms with E-state index in [4.69, 9.17) is 5.11 Å². The second kappa shape index (κ2) is 7.47. The Morgan fingerprint density at radius 2 is 1.87 bits per heavy atom. The van der Waals surface area contributed by atoms with E-state index in [9.17, 15) is 0 Å². The van der Waals surface area contributed by atoms with E-state index in [0.29, 0.717) is 12.5 Å². The van der Waals surface area contributed by atoms with Gasteiger partial charge in [-0.05, 0) is 37.2 Å². The molecule has 0 aliphatic heterocycles. The summed E-state index contributed by atoms with van der Waals surface area (Å²) in [6.07, 6.45) is 5.82. The van der Waals surface area contributed by atoms with E-state index < -0.39 is 0 Å². The number of hydrogen-bond acceptors (Lipinski definition) is 1. The van der Waals surface area contributed by atoms with Gasteiger partial charge in [-0.15, -0.1) is 0 Å². The summed E-state index contributed by atoms with van der Waals surface area (Å²) in [5.41, 5.74) is 1.41. The quantitative estimate of drug-likeness (QED) is 0.724. The Kier molecular flexibility index (Phi) is 6.10. The Morgan fingerprint density at radius 1 is 1.13 bits per heavy atom. The van der Waals surface area contributed by atoms with Crippen LogP contribution in [0.5, 0.6) is 0 Å². The molecule has 1 nitrogen and oxygen atoms in total. The molecule has 0 aromatic heterocycles. The maximum atomic E-state index is 9.15. The molecule has 1 atom stereocenters. The van der Waals surface area contributed by atoms with Crippen molar-refractivity contribution in [1.29, 1.82) is 0 Å². The highest BCUT2D eigenvalue weighted by atomic mass is 16.3. The maximum absolute atomic E-state index is 9.15. The molecule has 0 heterocycles. The Balaban J connectivity index is 2.20. The minimum Gasteiger partial charge on any atom is -0.396 e. The van der Waals surface area contributed by atoms with E-state index in [1.165, 1.54) is 18.4 Å². The molecule has 0 fully saturated rings. The Morgan fingerprint density at radius 3 is 2.47 bits per heavy atom. The lowest BCUT2D eigenvalue weighted by molar-refractivity contribution is 0.207. The second-order valence-electron chi connectivity index (χ2n) is 4.22. The summed E-state index contributed by atoms with van der Waals surface area (Å²) in [5.74, 6) is 0.513. The fraction of sp³-hybridized carbons (Fsp3) is 0.571. The van der Waals surface area contributed by atoms with Crippen LogP contribution >= 0.6 is 0 Å². The lowest BCUT2D eigenvalue weighted by Crippen LogP contribution is -2.05. The van der Waals surface area contributed by atoms with Gasteiger partial charge in [0.05, 0.1) is 0 Å². The first kappa shape index (κ1) is 12.3. The van der Waals surface area contributed by atoms with Gasteiger partial charge in [-0.2, -0.15) is 0 Å². The van der Waals surface area contributed by atoms with Crippen LogP contribution in [0.25, 0.3) is 0 Å². The molecular weight excluding hydrogens is 184 g/mol. The Bertz CT molecular complexity index is 243. The summed E-state index contributed by atoms with van der Waals surface area (Å²) in [7, 11) is 0. The molecule has 1 N–H and O–H groups in total. The number of hydrogen-bond donors (Lipinski definition) is 1. The monoisotopic (exact) mass is 206 g/mol. The van der Waals surface area contributed by atoms with E-state index in [2.05, 4.69) is 37.3 Å². The van der Waals surface area contributed by atoms with Crippen molar-refractivity contribution in [3.63, 3.8) is 0 Å². The van der Waals surface area contributed by atoms with Crippen molar-refractivity contribution in [3.05, 3.63) is 35.9 Å². The first-order valence-electron chi connectivity index (χ1n) is 6.01. The van der Waals surface area contributed by atoms with Gasteiger partial charge in [-0.25, -0.2) is 0 Å². The highest BCUT2D eigenvalue weighted by molar-refractivity contribution is 5.14. The summed E-state index contributed by atoms with van der Waals surface area (Å²) >= 11 is 0. The van der Waals surface area contributed by atoms with E-state index >= 15 is 0 Å². The van der Waals surface area contributed by atoms with Crippen molar-refractivity contribution in [3.8, 4) is 0 Å². The second-order valence-corrected chi connectivity index (χ2v) is 4.22. The average molecular weight is 206 g/mol. The fourth-order valence-electron chi connectivity index (χ4n) is 1.97. The molecule has 1 aromatic rings. The predicted octanol–water partition coefficient (Wildman–Crippen LogP) is 3.42. The van der Waals surface area contributed by atoms with Crippen LogP contribution in [0, 0.1) is 5.92 Å². The van der Waals surface area contributed by atoms with E-state index in [1.54, 1.807) is 0 Å². The molecule has 0 aliphatic rings. The first-order chi connectivity index (χ1) is 7.36. The molecule has 1 heteroatoms. The third-order valence-corrected chi connectivity index (χ3v) is 2.88. The van der Waals surface area contributed by atoms with E-state index in [-0.39, 0.29) is 0 Å². The van der Waals surface area contributed by atoms with Gasteiger partial charge >= 0.3 is 0 Å². The average Bonchev–Trinajstić information content (AvgIpc) is 2.29. The molecule has 15 heavy (non-hydrogen) atoms. The van der Waals surface area contributed by atoms with Gasteiger partial charge in [0.2, 0.25) is 0 Å². The van der Waals surface area contributed by atoms with Crippen molar-refractivity contribution >= 4 is 0 Å². The van der Waals surface area contributed by atoms with Crippen LogP contribution < -0.4 is 0 Å². The summed E-state index contributed by atoms with van der Waals surface area (Å²) in [6, 6.07) is 10.6. The van der Waals surface area contributed by atoms with Gasteiger partial charge in [0.25, 0.3) is 0 Å². The third kappa shape index (κ3) is 4.98. The molecular formula is C14H22O. The molecule has 1 unspecified atom stereocenters. The Hall–Kier alpha value is -0.820. The van der Waals surface area contributed by atoms with Crippen molar-refractivity contribution in [2.45, 2.75) is 39.0 Å². The van der Waals surface area contributed by atoms with Crippen LogP contribution in [0.2, 0.25) is 0 Å². The number of aliphatic hydroxyl groups is 1. The zero-order valence-corrected chi connectivity index (χ0v) is 9.65. The number of rotatable bonds is 7. The third-order valence-electron chi connectivity index (χ3n) is 2.88. The summed E-state index contributed by atoms with van der Waals surface area (Å²) < 4.78 is 0. The van der Waals surface area contributed by atoms with E-state index in [0.717, 1.165) is 19.3 Å². The molecule has 1 rings (SSSR count). The van der Waals surface area contributed by atoms with Gasteiger partial charge in [0.1, 0.15) is 0 Å². The number of aliphatic hydroxyl groups excluding tert-OH is 1. The minimum atomic E-state index is 0.350.